The summed E-state index contributed by atoms with van der Waals surface area (Å²) in [5.74, 6) is -0.247. The third kappa shape index (κ3) is 4.86. The Bertz CT molecular complexity index is 280. The molecule has 0 aromatic rings. The van der Waals surface area contributed by atoms with Gasteiger partial charge in [0.1, 0.15) is 5.97 Å². The molecule has 0 radical (unpaired) electrons. The van der Waals surface area contributed by atoms with Gasteiger partial charge in [0.2, 0.25) is 0 Å². The van der Waals surface area contributed by atoms with Crippen LogP contribution in [0.15, 0.2) is 11.1 Å². The van der Waals surface area contributed by atoms with Crippen LogP contribution in [0.5, 0.6) is 0 Å². The van der Waals surface area contributed by atoms with Crippen LogP contribution in [0.2, 0.25) is 0 Å². The SMILES string of the molecule is CC[C-]=C(C(=O)OCC)C1=[C-]CCCC1.[Na+]. The molecule has 0 saturated heterocycles. The van der Waals surface area contributed by atoms with Crippen molar-refractivity contribution in [3.05, 3.63) is 23.3 Å². The molecule has 0 aromatic carbocycles. The van der Waals surface area contributed by atoms with Crippen LogP contribution < -0.4 is 29.6 Å². The van der Waals surface area contributed by atoms with Gasteiger partial charge in [-0.3, -0.25) is 11.6 Å². The van der Waals surface area contributed by atoms with Crippen LogP contribution in [0.25, 0.3) is 0 Å². The number of hydrogen-bond acceptors (Lipinski definition) is 2. The van der Waals surface area contributed by atoms with Crippen LogP contribution in [-0.4, -0.2) is 12.6 Å². The van der Waals surface area contributed by atoms with E-state index in [0.717, 1.165) is 31.3 Å². The van der Waals surface area contributed by atoms with Crippen LogP contribution in [0.1, 0.15) is 46.0 Å². The zero-order valence-electron chi connectivity index (χ0n) is 10.6. The van der Waals surface area contributed by atoms with E-state index < -0.39 is 0 Å². The Hall–Kier alpha value is -0.0500. The number of esters is 1. The molecule has 1 aliphatic carbocycles. The van der Waals surface area contributed by atoms with E-state index in [9.17, 15) is 4.79 Å². The van der Waals surface area contributed by atoms with Gasteiger partial charge in [0.15, 0.2) is 0 Å². The topological polar surface area (TPSA) is 26.3 Å². The molecule has 0 spiro atoms. The second kappa shape index (κ2) is 9.03. The molecule has 0 fully saturated rings. The van der Waals surface area contributed by atoms with Crippen molar-refractivity contribution >= 4 is 5.97 Å². The van der Waals surface area contributed by atoms with Crippen molar-refractivity contribution in [3.8, 4) is 0 Å². The Balaban J connectivity index is 0.00000225. The minimum absolute atomic E-state index is 0. The molecule has 0 unspecified atom stereocenters. The summed E-state index contributed by atoms with van der Waals surface area (Å²) in [6, 6.07) is 0. The van der Waals surface area contributed by atoms with Gasteiger partial charge in [-0.2, -0.15) is 0 Å². The molecule has 1 rings (SSSR count). The predicted molar refractivity (Wildman–Crippen MR) is 58.9 cm³/mol. The molecule has 0 bridgehead atoms. The van der Waals surface area contributed by atoms with Gasteiger partial charge in [0.05, 0.1) is 6.61 Å². The van der Waals surface area contributed by atoms with Crippen LogP contribution in [0.4, 0.5) is 0 Å². The molecule has 0 aromatic heterocycles. The molecule has 0 N–H and O–H groups in total. The van der Waals surface area contributed by atoms with Crippen LogP contribution in [0.3, 0.4) is 0 Å². The van der Waals surface area contributed by atoms with Crippen molar-refractivity contribution in [1.82, 2.24) is 0 Å². The average molecular weight is 229 g/mol. The third-order valence-electron chi connectivity index (χ3n) is 2.33. The van der Waals surface area contributed by atoms with Crippen LogP contribution >= 0.6 is 0 Å². The zero-order chi connectivity index (χ0) is 11.1. The summed E-state index contributed by atoms with van der Waals surface area (Å²) < 4.78 is 5.01. The van der Waals surface area contributed by atoms with Gasteiger partial charge in [0.25, 0.3) is 0 Å². The summed E-state index contributed by atoms with van der Waals surface area (Å²) in [6.45, 7) is 4.21. The van der Waals surface area contributed by atoms with Crippen molar-refractivity contribution in [2.24, 2.45) is 0 Å². The molecule has 84 valence electrons. The largest absolute Gasteiger partial charge is 1.00 e. The van der Waals surface area contributed by atoms with E-state index in [0.29, 0.717) is 12.2 Å². The second-order valence-electron chi connectivity index (χ2n) is 3.49. The first kappa shape index (κ1) is 16.0. The number of rotatable bonds is 4. The van der Waals surface area contributed by atoms with E-state index in [2.05, 4.69) is 12.2 Å². The molecule has 2 nitrogen and oxygen atoms in total. The van der Waals surface area contributed by atoms with Crippen molar-refractivity contribution < 1.29 is 39.1 Å². The predicted octanol–water partition coefficient (Wildman–Crippen LogP) is -0.00332. The van der Waals surface area contributed by atoms with Gasteiger partial charge in [-0.15, -0.1) is 19.3 Å². The van der Waals surface area contributed by atoms with Gasteiger partial charge >= 0.3 is 29.6 Å². The summed E-state index contributed by atoms with van der Waals surface area (Å²) in [5.41, 5.74) is 1.61. The fourth-order valence-electron chi connectivity index (χ4n) is 1.65. The maximum atomic E-state index is 11.6. The molecular formula is C13H18NaO2-. The number of hydrogen-bond donors (Lipinski definition) is 0. The monoisotopic (exact) mass is 229 g/mol. The summed E-state index contributed by atoms with van der Waals surface area (Å²) in [4.78, 5) is 11.6. The van der Waals surface area contributed by atoms with E-state index in [1.54, 1.807) is 0 Å². The first-order valence-corrected chi connectivity index (χ1v) is 5.67. The fourth-order valence-corrected chi connectivity index (χ4v) is 1.65. The number of carbonyl (C=O) groups is 1. The molecule has 1 aliphatic rings. The molecule has 0 aliphatic heterocycles. The first-order valence-electron chi connectivity index (χ1n) is 5.67. The number of ether oxygens (including phenoxy) is 1. The van der Waals surface area contributed by atoms with Gasteiger partial charge in [-0.05, 0) is 6.92 Å². The van der Waals surface area contributed by atoms with Crippen molar-refractivity contribution in [2.75, 3.05) is 6.61 Å². The molecule has 0 atom stereocenters. The Morgan fingerprint density at radius 2 is 2.19 bits per heavy atom. The van der Waals surface area contributed by atoms with Crippen LogP contribution in [-0.2, 0) is 9.53 Å². The summed E-state index contributed by atoms with van der Waals surface area (Å²) in [7, 11) is 0. The number of carbonyl (C=O) groups excluding carboxylic acids is 1. The first-order chi connectivity index (χ1) is 7.29. The molecule has 16 heavy (non-hydrogen) atoms. The third-order valence-corrected chi connectivity index (χ3v) is 2.33. The van der Waals surface area contributed by atoms with E-state index >= 15 is 0 Å². The van der Waals surface area contributed by atoms with Gasteiger partial charge in [-0.1, -0.05) is 19.8 Å². The van der Waals surface area contributed by atoms with Gasteiger partial charge < -0.3 is 21.2 Å². The smallest absolute Gasteiger partial charge is 0.532 e. The minimum Gasteiger partial charge on any atom is -0.532 e. The maximum absolute atomic E-state index is 11.6. The molecule has 0 amide bonds. The van der Waals surface area contributed by atoms with E-state index in [1.165, 1.54) is 6.42 Å². The molecule has 0 saturated carbocycles. The Morgan fingerprint density at radius 1 is 1.44 bits per heavy atom. The van der Waals surface area contributed by atoms with Gasteiger partial charge in [0, 0.05) is 0 Å². The maximum Gasteiger partial charge on any atom is 1.00 e. The molecular weight excluding hydrogens is 211 g/mol. The zero-order valence-corrected chi connectivity index (χ0v) is 12.6. The fraction of sp³-hybridized carbons (Fsp3) is 0.615. The van der Waals surface area contributed by atoms with Crippen molar-refractivity contribution in [2.45, 2.75) is 46.0 Å². The molecule has 3 heteroatoms. The second-order valence-corrected chi connectivity index (χ2v) is 3.49. The van der Waals surface area contributed by atoms with E-state index in [-0.39, 0.29) is 35.5 Å². The van der Waals surface area contributed by atoms with E-state index in [4.69, 9.17) is 4.74 Å². The van der Waals surface area contributed by atoms with Crippen LogP contribution in [0, 0.1) is 12.2 Å². The Labute approximate surface area is 120 Å². The Morgan fingerprint density at radius 3 is 2.69 bits per heavy atom. The Kier molecular flexibility index (Phi) is 9.00. The summed E-state index contributed by atoms with van der Waals surface area (Å²) >= 11 is 0. The summed E-state index contributed by atoms with van der Waals surface area (Å²) in [6.07, 6.45) is 11.3. The number of allylic oxidation sites excluding steroid dienone is 2. The minimum atomic E-state index is -0.247. The van der Waals surface area contributed by atoms with E-state index in [1.807, 2.05) is 13.8 Å². The van der Waals surface area contributed by atoms with Crippen molar-refractivity contribution in [3.63, 3.8) is 0 Å². The quantitative estimate of drug-likeness (QED) is 0.293. The summed E-state index contributed by atoms with van der Waals surface area (Å²) in [5, 5.41) is 0. The standard InChI is InChI=1S/C13H18O2.Na/c1-3-8-12(13(14)15-4-2)11-9-6-5-7-10-11;/h3-7,9H2,1-2H3;/q-2;+1. The normalized spacial score (nSPS) is 16.1. The van der Waals surface area contributed by atoms with Crippen molar-refractivity contribution in [1.29, 1.82) is 0 Å². The average Bonchev–Trinajstić information content (AvgIpc) is 2.27. The van der Waals surface area contributed by atoms with Gasteiger partial charge in [-0.25, -0.2) is 0 Å². The molecule has 0 heterocycles.